The first-order valence-electron chi connectivity index (χ1n) is 7.90. The topological polar surface area (TPSA) is 95.5 Å². The Labute approximate surface area is 145 Å². The monoisotopic (exact) mass is 340 g/mol. The minimum absolute atomic E-state index is 0.261. The summed E-state index contributed by atoms with van der Waals surface area (Å²) in [6.45, 7) is 1.37. The van der Waals surface area contributed by atoms with Gasteiger partial charge in [0, 0.05) is 12.0 Å². The zero-order valence-corrected chi connectivity index (χ0v) is 13.8. The molecule has 2 aromatic rings. The maximum Gasteiger partial charge on any atom is 0.325 e. The number of carbonyl (C=O) groups is 3. The van der Waals surface area contributed by atoms with Gasteiger partial charge in [0.25, 0.3) is 5.91 Å². The second-order valence-corrected chi connectivity index (χ2v) is 5.65. The molecule has 6 nitrogen and oxygen atoms in total. The van der Waals surface area contributed by atoms with Gasteiger partial charge in [-0.1, -0.05) is 48.5 Å². The molecule has 0 saturated heterocycles. The Bertz CT molecular complexity index is 732. The molecule has 130 valence electrons. The van der Waals surface area contributed by atoms with E-state index in [1.807, 2.05) is 30.3 Å². The number of amides is 2. The number of aliphatic carboxylic acids is 1. The molecule has 0 radical (unpaired) electrons. The highest BCUT2D eigenvalue weighted by molar-refractivity contribution is 5.98. The van der Waals surface area contributed by atoms with Gasteiger partial charge < -0.3 is 15.7 Å². The van der Waals surface area contributed by atoms with E-state index in [1.54, 1.807) is 30.3 Å². The fourth-order valence-electron chi connectivity index (χ4n) is 2.27. The number of hydrogen-bond donors (Lipinski definition) is 3. The van der Waals surface area contributed by atoms with E-state index in [4.69, 9.17) is 5.11 Å². The molecule has 2 rings (SSSR count). The van der Waals surface area contributed by atoms with Crippen LogP contribution >= 0.6 is 0 Å². The summed E-state index contributed by atoms with van der Waals surface area (Å²) in [5.74, 6) is -2.07. The number of rotatable bonds is 7. The molecule has 2 atom stereocenters. The molecule has 0 aromatic heterocycles. The van der Waals surface area contributed by atoms with Crippen LogP contribution in [0.3, 0.4) is 0 Å². The van der Waals surface area contributed by atoms with E-state index in [-0.39, 0.29) is 12.3 Å². The van der Waals surface area contributed by atoms with Crippen LogP contribution in [0.5, 0.6) is 0 Å². The van der Waals surface area contributed by atoms with Gasteiger partial charge in [0.15, 0.2) is 0 Å². The molecule has 0 unspecified atom stereocenters. The predicted octanol–water partition coefficient (Wildman–Crippen LogP) is 1.62. The highest BCUT2D eigenvalue weighted by Gasteiger charge is 2.24. The quantitative estimate of drug-likeness (QED) is 0.714. The number of carboxylic acids is 1. The molecule has 0 fully saturated rings. The summed E-state index contributed by atoms with van der Waals surface area (Å²) in [4.78, 5) is 35.8. The largest absolute Gasteiger partial charge is 0.480 e. The van der Waals surface area contributed by atoms with Crippen LogP contribution in [0.4, 0.5) is 0 Å². The average Bonchev–Trinajstić information content (AvgIpc) is 2.62. The van der Waals surface area contributed by atoms with E-state index in [1.165, 1.54) is 6.92 Å². The third kappa shape index (κ3) is 5.46. The Morgan fingerprint density at radius 1 is 0.920 bits per heavy atom. The van der Waals surface area contributed by atoms with Gasteiger partial charge in [-0.2, -0.15) is 0 Å². The minimum Gasteiger partial charge on any atom is -0.480 e. The van der Waals surface area contributed by atoms with Crippen LogP contribution in [-0.4, -0.2) is 35.0 Å². The van der Waals surface area contributed by atoms with Crippen LogP contribution in [-0.2, 0) is 16.0 Å². The fourth-order valence-corrected chi connectivity index (χ4v) is 2.27. The normalized spacial score (nSPS) is 12.7. The Hall–Kier alpha value is -3.15. The lowest BCUT2D eigenvalue weighted by Crippen LogP contribution is -2.51. The van der Waals surface area contributed by atoms with Crippen LogP contribution in [0, 0.1) is 0 Å². The van der Waals surface area contributed by atoms with E-state index in [9.17, 15) is 14.4 Å². The fraction of sp³-hybridized carbons (Fsp3) is 0.211. The first-order chi connectivity index (χ1) is 12.0. The van der Waals surface area contributed by atoms with Crippen LogP contribution in [0.15, 0.2) is 60.7 Å². The number of nitrogens with one attached hydrogen (secondary N) is 2. The lowest BCUT2D eigenvalue weighted by Gasteiger charge is -2.20. The van der Waals surface area contributed by atoms with E-state index < -0.39 is 24.0 Å². The molecular weight excluding hydrogens is 320 g/mol. The van der Waals surface area contributed by atoms with Gasteiger partial charge in [-0.3, -0.25) is 14.4 Å². The molecule has 0 saturated carbocycles. The van der Waals surface area contributed by atoms with Gasteiger partial charge in [0.2, 0.25) is 5.91 Å². The second-order valence-electron chi connectivity index (χ2n) is 5.65. The van der Waals surface area contributed by atoms with Crippen LogP contribution in [0.25, 0.3) is 0 Å². The van der Waals surface area contributed by atoms with Gasteiger partial charge in [-0.15, -0.1) is 0 Å². The molecule has 2 amide bonds. The Morgan fingerprint density at radius 3 is 2.04 bits per heavy atom. The maximum atomic E-state index is 12.4. The SMILES string of the molecule is C[C@H](NC(=O)[C@@H](Cc1ccccc1)NC(=O)c1ccccc1)C(=O)O. The van der Waals surface area contributed by atoms with Crippen LogP contribution in [0.2, 0.25) is 0 Å². The first kappa shape index (κ1) is 18.2. The summed E-state index contributed by atoms with van der Waals surface area (Å²) in [5.41, 5.74) is 1.29. The summed E-state index contributed by atoms with van der Waals surface area (Å²) >= 11 is 0. The predicted molar refractivity (Wildman–Crippen MR) is 93.1 cm³/mol. The summed E-state index contributed by atoms with van der Waals surface area (Å²) in [5, 5.41) is 14.0. The molecule has 6 heteroatoms. The Morgan fingerprint density at radius 2 is 1.48 bits per heavy atom. The lowest BCUT2D eigenvalue weighted by atomic mass is 10.0. The average molecular weight is 340 g/mol. The second kappa shape index (κ2) is 8.63. The van der Waals surface area contributed by atoms with Crippen molar-refractivity contribution in [3.05, 3.63) is 71.8 Å². The van der Waals surface area contributed by atoms with Gasteiger partial charge >= 0.3 is 5.97 Å². The Balaban J connectivity index is 2.15. The van der Waals surface area contributed by atoms with Crippen molar-refractivity contribution < 1.29 is 19.5 Å². The number of benzene rings is 2. The van der Waals surface area contributed by atoms with Crippen LogP contribution in [0.1, 0.15) is 22.8 Å². The summed E-state index contributed by atoms with van der Waals surface area (Å²) < 4.78 is 0. The first-order valence-corrected chi connectivity index (χ1v) is 7.90. The Kier molecular flexibility index (Phi) is 6.28. The van der Waals surface area contributed by atoms with Crippen molar-refractivity contribution in [3.63, 3.8) is 0 Å². The molecule has 0 heterocycles. The van der Waals surface area contributed by atoms with E-state index in [0.29, 0.717) is 5.56 Å². The highest BCUT2D eigenvalue weighted by Crippen LogP contribution is 2.06. The third-order valence-electron chi connectivity index (χ3n) is 3.67. The molecule has 3 N–H and O–H groups in total. The van der Waals surface area contributed by atoms with Gasteiger partial charge in [-0.05, 0) is 24.6 Å². The van der Waals surface area contributed by atoms with Crippen molar-refractivity contribution in [2.75, 3.05) is 0 Å². The molecule has 0 bridgehead atoms. The number of hydrogen-bond acceptors (Lipinski definition) is 3. The number of carbonyl (C=O) groups excluding carboxylic acids is 2. The van der Waals surface area contributed by atoms with Crippen molar-refractivity contribution >= 4 is 17.8 Å². The van der Waals surface area contributed by atoms with Gasteiger partial charge in [0.05, 0.1) is 0 Å². The van der Waals surface area contributed by atoms with Gasteiger partial charge in [-0.25, -0.2) is 0 Å². The lowest BCUT2D eigenvalue weighted by molar-refractivity contribution is -0.141. The summed E-state index contributed by atoms with van der Waals surface area (Å²) in [7, 11) is 0. The maximum absolute atomic E-state index is 12.4. The standard InChI is InChI=1S/C19H20N2O4/c1-13(19(24)25)20-18(23)16(12-14-8-4-2-5-9-14)21-17(22)15-10-6-3-7-11-15/h2-11,13,16H,12H2,1H3,(H,20,23)(H,21,22)(H,24,25)/t13-,16+/m0/s1. The van der Waals surface area contributed by atoms with Crippen LogP contribution < -0.4 is 10.6 Å². The van der Waals surface area contributed by atoms with Crippen molar-refractivity contribution in [2.24, 2.45) is 0 Å². The van der Waals surface area contributed by atoms with Gasteiger partial charge in [0.1, 0.15) is 12.1 Å². The molecule has 25 heavy (non-hydrogen) atoms. The zero-order valence-electron chi connectivity index (χ0n) is 13.8. The third-order valence-corrected chi connectivity index (χ3v) is 3.67. The van der Waals surface area contributed by atoms with Crippen molar-refractivity contribution in [1.29, 1.82) is 0 Å². The highest BCUT2D eigenvalue weighted by atomic mass is 16.4. The molecule has 2 aromatic carbocycles. The van der Waals surface area contributed by atoms with Crippen molar-refractivity contribution in [2.45, 2.75) is 25.4 Å². The molecule has 0 spiro atoms. The smallest absolute Gasteiger partial charge is 0.325 e. The molecule has 0 aliphatic rings. The number of carboxylic acid groups (broad SMARTS) is 1. The van der Waals surface area contributed by atoms with E-state index in [0.717, 1.165) is 5.56 Å². The van der Waals surface area contributed by atoms with Crippen molar-refractivity contribution in [1.82, 2.24) is 10.6 Å². The molecule has 0 aliphatic heterocycles. The summed E-state index contributed by atoms with van der Waals surface area (Å²) in [6, 6.07) is 15.8. The van der Waals surface area contributed by atoms with E-state index in [2.05, 4.69) is 10.6 Å². The minimum atomic E-state index is -1.14. The summed E-state index contributed by atoms with van der Waals surface area (Å²) in [6.07, 6.45) is 0.261. The zero-order chi connectivity index (χ0) is 18.2. The van der Waals surface area contributed by atoms with E-state index >= 15 is 0 Å². The molecular formula is C19H20N2O4. The van der Waals surface area contributed by atoms with Crippen molar-refractivity contribution in [3.8, 4) is 0 Å². The molecule has 0 aliphatic carbocycles.